The monoisotopic (exact) mass is 197 g/mol. The van der Waals surface area contributed by atoms with E-state index >= 15 is 0 Å². The van der Waals surface area contributed by atoms with Crippen LogP contribution in [-0.4, -0.2) is 6.26 Å². The first-order valence-electron chi connectivity index (χ1n) is 3.90. The van der Waals surface area contributed by atoms with Crippen molar-refractivity contribution in [3.63, 3.8) is 0 Å². The average molecular weight is 197 g/mol. The number of thioether (sulfide) groups is 1. The summed E-state index contributed by atoms with van der Waals surface area (Å²) in [4.78, 5) is 0. The lowest BCUT2D eigenvalue weighted by Crippen LogP contribution is -1.99. The van der Waals surface area contributed by atoms with E-state index in [-0.39, 0.29) is 5.82 Å². The van der Waals surface area contributed by atoms with E-state index in [1.807, 2.05) is 13.2 Å². The number of hydrogen-bond donors (Lipinski definition) is 1. The van der Waals surface area contributed by atoms with Crippen molar-refractivity contribution in [1.29, 1.82) is 0 Å². The molecule has 1 aromatic carbocycles. The molecule has 0 saturated heterocycles. The standard InChI is InChI=1S/C10H12FNS/c1-7-3-4-9(11)8(5-7)10(12)6-13-2/h3-6H,12H2,1-2H3/b10-6-. The van der Waals surface area contributed by atoms with Crippen molar-refractivity contribution in [2.24, 2.45) is 5.73 Å². The number of benzene rings is 1. The quantitative estimate of drug-likeness (QED) is 0.789. The molecule has 2 N–H and O–H groups in total. The normalized spacial score (nSPS) is 11.8. The van der Waals surface area contributed by atoms with Gasteiger partial charge in [0.15, 0.2) is 0 Å². The molecule has 0 atom stereocenters. The molecule has 0 heterocycles. The Morgan fingerprint density at radius 3 is 2.85 bits per heavy atom. The summed E-state index contributed by atoms with van der Waals surface area (Å²) in [5.74, 6) is -0.270. The number of nitrogens with two attached hydrogens (primary N) is 1. The molecule has 0 unspecified atom stereocenters. The second kappa shape index (κ2) is 4.33. The minimum Gasteiger partial charge on any atom is -0.398 e. The highest BCUT2D eigenvalue weighted by Gasteiger charge is 2.03. The van der Waals surface area contributed by atoms with Crippen LogP contribution >= 0.6 is 11.8 Å². The fourth-order valence-electron chi connectivity index (χ4n) is 1.05. The SMILES string of the molecule is CS/C=C(\N)c1cc(C)ccc1F. The number of hydrogen-bond acceptors (Lipinski definition) is 2. The summed E-state index contributed by atoms with van der Waals surface area (Å²) in [7, 11) is 0. The van der Waals surface area contributed by atoms with Crippen LogP contribution in [-0.2, 0) is 0 Å². The predicted octanol–water partition coefficient (Wildman–Crippen LogP) is 2.75. The summed E-state index contributed by atoms with van der Waals surface area (Å²) in [6.45, 7) is 1.91. The Kier molecular flexibility index (Phi) is 3.37. The smallest absolute Gasteiger partial charge is 0.132 e. The molecule has 1 aromatic rings. The van der Waals surface area contributed by atoms with Crippen LogP contribution in [0.15, 0.2) is 23.6 Å². The molecular weight excluding hydrogens is 185 g/mol. The van der Waals surface area contributed by atoms with Gasteiger partial charge in [-0.1, -0.05) is 11.6 Å². The van der Waals surface area contributed by atoms with Crippen molar-refractivity contribution in [1.82, 2.24) is 0 Å². The van der Waals surface area contributed by atoms with Crippen LogP contribution in [0.25, 0.3) is 5.70 Å². The molecular formula is C10H12FNS. The van der Waals surface area contributed by atoms with Crippen molar-refractivity contribution >= 4 is 17.5 Å². The van der Waals surface area contributed by atoms with E-state index in [0.29, 0.717) is 11.3 Å². The van der Waals surface area contributed by atoms with Crippen LogP contribution in [0, 0.1) is 12.7 Å². The molecule has 0 amide bonds. The molecule has 70 valence electrons. The highest BCUT2D eigenvalue weighted by molar-refractivity contribution is 8.01. The van der Waals surface area contributed by atoms with E-state index in [1.165, 1.54) is 17.8 Å². The van der Waals surface area contributed by atoms with Gasteiger partial charge in [-0.25, -0.2) is 4.39 Å². The average Bonchev–Trinajstić information content (AvgIpc) is 2.09. The van der Waals surface area contributed by atoms with E-state index in [9.17, 15) is 4.39 Å². The first-order chi connectivity index (χ1) is 6.15. The Balaban J connectivity index is 3.13. The van der Waals surface area contributed by atoms with Crippen LogP contribution < -0.4 is 5.73 Å². The van der Waals surface area contributed by atoms with Crippen LogP contribution in [0.3, 0.4) is 0 Å². The molecule has 1 nitrogen and oxygen atoms in total. The maximum atomic E-state index is 13.2. The lowest BCUT2D eigenvalue weighted by atomic mass is 10.1. The van der Waals surface area contributed by atoms with Crippen LogP contribution in [0.1, 0.15) is 11.1 Å². The Labute approximate surface area is 81.8 Å². The largest absolute Gasteiger partial charge is 0.398 e. The van der Waals surface area contributed by atoms with Crippen LogP contribution in [0.5, 0.6) is 0 Å². The molecule has 0 bridgehead atoms. The van der Waals surface area contributed by atoms with Gasteiger partial charge in [0.2, 0.25) is 0 Å². The zero-order valence-electron chi connectivity index (χ0n) is 7.67. The molecule has 3 heteroatoms. The fourth-order valence-corrected chi connectivity index (χ4v) is 1.43. The maximum Gasteiger partial charge on any atom is 0.132 e. The van der Waals surface area contributed by atoms with Gasteiger partial charge in [0.05, 0.1) is 0 Å². The van der Waals surface area contributed by atoms with E-state index < -0.39 is 0 Å². The molecule has 0 radical (unpaired) electrons. The maximum absolute atomic E-state index is 13.2. The van der Waals surface area contributed by atoms with Gasteiger partial charge in [-0.2, -0.15) is 0 Å². The van der Waals surface area contributed by atoms with Gasteiger partial charge >= 0.3 is 0 Å². The topological polar surface area (TPSA) is 26.0 Å². The van der Waals surface area contributed by atoms with Crippen LogP contribution in [0.4, 0.5) is 4.39 Å². The molecule has 0 aromatic heterocycles. The van der Waals surface area contributed by atoms with E-state index in [4.69, 9.17) is 5.73 Å². The molecule has 0 saturated carbocycles. The molecule has 1 rings (SSSR count). The Morgan fingerprint density at radius 2 is 2.23 bits per heavy atom. The lowest BCUT2D eigenvalue weighted by molar-refractivity contribution is 0.623. The summed E-state index contributed by atoms with van der Waals surface area (Å²) >= 11 is 1.47. The third-order valence-corrected chi connectivity index (χ3v) is 2.17. The molecule has 0 aliphatic heterocycles. The molecule has 0 aliphatic carbocycles. The minimum atomic E-state index is -0.270. The van der Waals surface area contributed by atoms with E-state index in [2.05, 4.69) is 0 Å². The summed E-state index contributed by atoms with van der Waals surface area (Å²) in [6, 6.07) is 4.91. The van der Waals surface area contributed by atoms with Gasteiger partial charge in [-0.15, -0.1) is 11.8 Å². The van der Waals surface area contributed by atoms with Crippen molar-refractivity contribution in [2.75, 3.05) is 6.26 Å². The predicted molar refractivity (Wildman–Crippen MR) is 56.8 cm³/mol. The molecule has 0 aliphatic rings. The summed E-state index contributed by atoms with van der Waals surface area (Å²) in [5.41, 5.74) is 7.64. The van der Waals surface area contributed by atoms with E-state index in [1.54, 1.807) is 17.5 Å². The summed E-state index contributed by atoms with van der Waals surface area (Å²) in [5, 5.41) is 1.73. The van der Waals surface area contributed by atoms with Gasteiger partial charge < -0.3 is 5.73 Å². The first kappa shape index (κ1) is 10.1. The lowest BCUT2D eigenvalue weighted by Gasteiger charge is -2.03. The Morgan fingerprint density at radius 1 is 1.54 bits per heavy atom. The minimum absolute atomic E-state index is 0.270. The van der Waals surface area contributed by atoms with Crippen molar-refractivity contribution in [3.05, 3.63) is 40.6 Å². The summed E-state index contributed by atoms with van der Waals surface area (Å²) in [6.07, 6.45) is 1.89. The third-order valence-electron chi connectivity index (χ3n) is 1.68. The summed E-state index contributed by atoms with van der Waals surface area (Å²) < 4.78 is 13.2. The van der Waals surface area contributed by atoms with Gasteiger partial charge in [-0.3, -0.25) is 0 Å². The van der Waals surface area contributed by atoms with Crippen molar-refractivity contribution in [3.8, 4) is 0 Å². The number of rotatable bonds is 2. The van der Waals surface area contributed by atoms with Gasteiger partial charge in [0, 0.05) is 11.3 Å². The highest BCUT2D eigenvalue weighted by Crippen LogP contribution is 2.17. The van der Waals surface area contributed by atoms with Crippen molar-refractivity contribution in [2.45, 2.75) is 6.92 Å². The Hall–Kier alpha value is -0.960. The molecule has 13 heavy (non-hydrogen) atoms. The van der Waals surface area contributed by atoms with Gasteiger partial charge in [-0.05, 0) is 30.7 Å². The second-order valence-corrected chi connectivity index (χ2v) is 3.50. The fraction of sp³-hybridized carbons (Fsp3) is 0.200. The first-order valence-corrected chi connectivity index (χ1v) is 5.19. The Bertz CT molecular complexity index is 334. The van der Waals surface area contributed by atoms with Crippen molar-refractivity contribution < 1.29 is 4.39 Å². The zero-order valence-corrected chi connectivity index (χ0v) is 8.49. The van der Waals surface area contributed by atoms with E-state index in [0.717, 1.165) is 5.56 Å². The van der Waals surface area contributed by atoms with Gasteiger partial charge in [0.1, 0.15) is 5.82 Å². The zero-order chi connectivity index (χ0) is 9.84. The van der Waals surface area contributed by atoms with Gasteiger partial charge in [0.25, 0.3) is 0 Å². The highest BCUT2D eigenvalue weighted by atomic mass is 32.2. The molecule has 0 fully saturated rings. The van der Waals surface area contributed by atoms with Crippen LogP contribution in [0.2, 0.25) is 0 Å². The number of aryl methyl sites for hydroxylation is 1. The third kappa shape index (κ3) is 2.49. The molecule has 0 spiro atoms. The number of halogens is 1. The second-order valence-electron chi connectivity index (χ2n) is 2.79.